The van der Waals surface area contributed by atoms with Crippen LogP contribution in [0.3, 0.4) is 0 Å². The number of nitrogens with zero attached hydrogens (tertiary/aromatic N) is 2. The fraction of sp³-hybridized carbons (Fsp3) is 0.556. The second kappa shape index (κ2) is 7.13. The third-order valence-electron chi connectivity index (χ3n) is 4.63. The van der Waals surface area contributed by atoms with E-state index in [-0.39, 0.29) is 23.9 Å². The minimum Gasteiger partial charge on any atom is -0.342 e. The zero-order chi connectivity index (χ0) is 17.1. The van der Waals surface area contributed by atoms with Crippen LogP contribution in [0.15, 0.2) is 18.2 Å². The maximum atomic E-state index is 12.5. The van der Waals surface area contributed by atoms with E-state index in [9.17, 15) is 9.59 Å². The minimum atomic E-state index is -0.139. The highest BCUT2D eigenvalue weighted by Crippen LogP contribution is 2.27. The first-order valence-electron chi connectivity index (χ1n) is 8.20. The van der Waals surface area contributed by atoms with Crippen LogP contribution in [0.5, 0.6) is 0 Å². The van der Waals surface area contributed by atoms with Crippen molar-refractivity contribution in [1.82, 2.24) is 9.80 Å². The average molecular weight is 317 g/mol. The van der Waals surface area contributed by atoms with Crippen LogP contribution >= 0.6 is 0 Å². The second-order valence-corrected chi connectivity index (χ2v) is 6.56. The first-order valence-corrected chi connectivity index (χ1v) is 8.20. The van der Waals surface area contributed by atoms with Gasteiger partial charge in [-0.1, -0.05) is 12.1 Å². The topological polar surface area (TPSA) is 52.7 Å². The van der Waals surface area contributed by atoms with Gasteiger partial charge in [-0.05, 0) is 44.4 Å². The highest BCUT2D eigenvalue weighted by molar-refractivity contribution is 5.89. The van der Waals surface area contributed by atoms with Crippen molar-refractivity contribution in [2.45, 2.75) is 52.7 Å². The molecule has 1 atom stereocenters. The lowest BCUT2D eigenvalue weighted by atomic mass is 9.96. The third-order valence-corrected chi connectivity index (χ3v) is 4.63. The van der Waals surface area contributed by atoms with Crippen LogP contribution in [0, 0.1) is 0 Å². The number of rotatable bonds is 4. The van der Waals surface area contributed by atoms with Crippen LogP contribution in [0.25, 0.3) is 0 Å². The number of benzene rings is 1. The zero-order valence-electron chi connectivity index (χ0n) is 14.7. The number of carbonyl (C=O) groups is 2. The molecule has 0 saturated heterocycles. The van der Waals surface area contributed by atoms with Crippen molar-refractivity contribution in [1.29, 1.82) is 0 Å². The van der Waals surface area contributed by atoms with E-state index in [1.807, 2.05) is 40.0 Å². The molecule has 0 aliphatic carbocycles. The van der Waals surface area contributed by atoms with E-state index in [4.69, 9.17) is 0 Å². The molecule has 5 heteroatoms. The standard InChI is InChI=1S/C18H27N3O2/c1-12(2)20(5)18(23)13(3)21-10-9-16-15(11-21)7-6-8-17(16)19-14(4)22/h6-8,12-13H,9-11H2,1-5H3,(H,19,22)/t13-/m1/s1. The molecule has 0 fully saturated rings. The van der Waals surface area contributed by atoms with E-state index in [1.165, 1.54) is 18.1 Å². The Morgan fingerprint density at radius 3 is 2.57 bits per heavy atom. The third kappa shape index (κ3) is 3.91. The molecule has 1 N–H and O–H groups in total. The zero-order valence-corrected chi connectivity index (χ0v) is 14.7. The number of fused-ring (bicyclic) bond motifs is 1. The molecule has 2 amide bonds. The summed E-state index contributed by atoms with van der Waals surface area (Å²) in [6, 6.07) is 6.04. The van der Waals surface area contributed by atoms with E-state index in [0.29, 0.717) is 0 Å². The van der Waals surface area contributed by atoms with Crippen LogP contribution in [-0.4, -0.2) is 47.3 Å². The molecule has 0 radical (unpaired) electrons. The van der Waals surface area contributed by atoms with Gasteiger partial charge in [-0.2, -0.15) is 0 Å². The number of anilines is 1. The monoisotopic (exact) mass is 317 g/mol. The molecule has 5 nitrogen and oxygen atoms in total. The van der Waals surface area contributed by atoms with Gasteiger partial charge in [0.05, 0.1) is 6.04 Å². The fourth-order valence-corrected chi connectivity index (χ4v) is 2.97. The van der Waals surface area contributed by atoms with E-state index < -0.39 is 0 Å². The van der Waals surface area contributed by atoms with Gasteiger partial charge in [0.2, 0.25) is 11.8 Å². The van der Waals surface area contributed by atoms with Gasteiger partial charge in [-0.3, -0.25) is 14.5 Å². The molecule has 23 heavy (non-hydrogen) atoms. The first kappa shape index (κ1) is 17.5. The molecule has 1 aliphatic heterocycles. The molecule has 0 unspecified atom stereocenters. The molecule has 1 aliphatic rings. The molecule has 1 aromatic rings. The molecule has 1 heterocycles. The van der Waals surface area contributed by atoms with Gasteiger partial charge >= 0.3 is 0 Å². The number of amides is 2. The SMILES string of the molecule is CC(=O)Nc1cccc2c1CCN([C@H](C)C(=O)N(C)C(C)C)C2. The summed E-state index contributed by atoms with van der Waals surface area (Å²) >= 11 is 0. The summed E-state index contributed by atoms with van der Waals surface area (Å²) in [5.41, 5.74) is 3.28. The molecule has 126 valence electrons. The van der Waals surface area contributed by atoms with Gasteiger partial charge in [0.1, 0.15) is 0 Å². The van der Waals surface area contributed by atoms with Gasteiger partial charge in [-0.25, -0.2) is 0 Å². The Kier molecular flexibility index (Phi) is 5.42. The lowest BCUT2D eigenvalue weighted by molar-refractivity contribution is -0.137. The van der Waals surface area contributed by atoms with Crippen LogP contribution in [0.2, 0.25) is 0 Å². The normalized spacial score (nSPS) is 15.9. The summed E-state index contributed by atoms with van der Waals surface area (Å²) in [6.45, 7) is 9.11. The Balaban J connectivity index is 2.14. The van der Waals surface area contributed by atoms with Crippen LogP contribution in [0.4, 0.5) is 5.69 Å². The molecule has 1 aromatic carbocycles. The minimum absolute atomic E-state index is 0.0528. The Bertz CT molecular complexity index is 598. The molecule has 0 saturated carbocycles. The van der Waals surface area contributed by atoms with Crippen molar-refractivity contribution in [2.24, 2.45) is 0 Å². The smallest absolute Gasteiger partial charge is 0.239 e. The molecule has 0 aromatic heterocycles. The van der Waals surface area contributed by atoms with Crippen molar-refractivity contribution in [3.05, 3.63) is 29.3 Å². The van der Waals surface area contributed by atoms with Gasteiger partial charge in [0.25, 0.3) is 0 Å². The molecule has 0 bridgehead atoms. The van der Waals surface area contributed by atoms with Crippen molar-refractivity contribution in [2.75, 3.05) is 18.9 Å². The van der Waals surface area contributed by atoms with Crippen molar-refractivity contribution in [3.8, 4) is 0 Å². The predicted octanol–water partition coefficient (Wildman–Crippen LogP) is 2.26. The Morgan fingerprint density at radius 2 is 1.96 bits per heavy atom. The van der Waals surface area contributed by atoms with Crippen molar-refractivity contribution in [3.63, 3.8) is 0 Å². The van der Waals surface area contributed by atoms with Crippen LogP contribution < -0.4 is 5.32 Å². The number of nitrogens with one attached hydrogen (secondary N) is 1. The lowest BCUT2D eigenvalue weighted by Gasteiger charge is -2.36. The quantitative estimate of drug-likeness (QED) is 0.927. The summed E-state index contributed by atoms with van der Waals surface area (Å²) in [4.78, 5) is 27.9. The molecule has 2 rings (SSSR count). The van der Waals surface area contributed by atoms with Crippen molar-refractivity contribution < 1.29 is 9.59 Å². The maximum absolute atomic E-state index is 12.5. The van der Waals surface area contributed by atoms with E-state index >= 15 is 0 Å². The number of hydrogen-bond donors (Lipinski definition) is 1. The molecular formula is C18H27N3O2. The number of likely N-dealkylation sites (N-methyl/N-ethyl adjacent to an activating group) is 1. The Labute approximate surface area is 138 Å². The average Bonchev–Trinajstić information content (AvgIpc) is 2.51. The van der Waals surface area contributed by atoms with Gasteiger partial charge in [0, 0.05) is 38.8 Å². The van der Waals surface area contributed by atoms with E-state index in [2.05, 4.69) is 16.3 Å². The Hall–Kier alpha value is -1.88. The summed E-state index contributed by atoms with van der Waals surface area (Å²) in [5.74, 6) is 0.101. The van der Waals surface area contributed by atoms with Gasteiger partial charge in [0.15, 0.2) is 0 Å². The van der Waals surface area contributed by atoms with Crippen molar-refractivity contribution >= 4 is 17.5 Å². The highest BCUT2D eigenvalue weighted by Gasteiger charge is 2.28. The summed E-state index contributed by atoms with van der Waals surface area (Å²) in [7, 11) is 1.86. The first-order chi connectivity index (χ1) is 10.8. The second-order valence-electron chi connectivity index (χ2n) is 6.56. The van der Waals surface area contributed by atoms with Gasteiger partial charge in [-0.15, -0.1) is 0 Å². The van der Waals surface area contributed by atoms with Crippen LogP contribution in [0.1, 0.15) is 38.8 Å². The summed E-state index contributed by atoms with van der Waals surface area (Å²) in [6.07, 6.45) is 0.842. The predicted molar refractivity (Wildman–Crippen MR) is 92.2 cm³/mol. The number of carbonyl (C=O) groups excluding carboxylic acids is 2. The van der Waals surface area contributed by atoms with E-state index in [1.54, 1.807) is 4.90 Å². The Morgan fingerprint density at radius 1 is 1.26 bits per heavy atom. The lowest BCUT2D eigenvalue weighted by Crippen LogP contribution is -2.49. The highest BCUT2D eigenvalue weighted by atomic mass is 16.2. The summed E-state index contributed by atoms with van der Waals surface area (Å²) < 4.78 is 0. The largest absolute Gasteiger partial charge is 0.342 e. The maximum Gasteiger partial charge on any atom is 0.239 e. The fourth-order valence-electron chi connectivity index (χ4n) is 2.97. The van der Waals surface area contributed by atoms with Crippen LogP contribution in [-0.2, 0) is 22.6 Å². The molecule has 0 spiro atoms. The molecular weight excluding hydrogens is 290 g/mol. The van der Waals surface area contributed by atoms with Gasteiger partial charge < -0.3 is 10.2 Å². The summed E-state index contributed by atoms with van der Waals surface area (Å²) in [5, 5.41) is 2.90. The number of hydrogen-bond acceptors (Lipinski definition) is 3. The van der Waals surface area contributed by atoms with E-state index in [0.717, 1.165) is 25.2 Å².